The Bertz CT molecular complexity index is 929. The highest BCUT2D eigenvalue weighted by Gasteiger charge is 2.15. The first kappa shape index (κ1) is 25.2. The van der Waals surface area contributed by atoms with Gasteiger partial charge in [0, 0.05) is 11.8 Å². The smallest absolute Gasteiger partial charge is 0.238 e. The number of amides is 2. The first-order chi connectivity index (χ1) is 15.2. The lowest BCUT2D eigenvalue weighted by Crippen LogP contribution is -2.39. The predicted octanol–water partition coefficient (Wildman–Crippen LogP) is 3.85. The van der Waals surface area contributed by atoms with Crippen molar-refractivity contribution in [3.8, 4) is 11.5 Å². The number of rotatable bonds is 11. The first-order valence-electron chi connectivity index (χ1n) is 11.0. The second kappa shape index (κ2) is 12.1. The zero-order chi connectivity index (χ0) is 23.7. The number of likely N-dealkylation sites (N-methyl/N-ethyl adjacent to an activating group) is 1. The number of benzene rings is 2. The summed E-state index contributed by atoms with van der Waals surface area (Å²) < 4.78 is 11.1. The maximum atomic E-state index is 12.4. The van der Waals surface area contributed by atoms with Crippen LogP contribution in [0.15, 0.2) is 36.4 Å². The molecule has 1 unspecified atom stereocenters. The van der Waals surface area contributed by atoms with E-state index in [1.54, 1.807) is 30.1 Å². The Balaban J connectivity index is 1.87. The summed E-state index contributed by atoms with van der Waals surface area (Å²) in [7, 11) is 1.74. The molecule has 0 saturated carbocycles. The molecule has 0 aliphatic carbocycles. The normalized spacial score (nSPS) is 11.7. The molecule has 1 atom stereocenters. The van der Waals surface area contributed by atoms with Crippen LogP contribution in [0, 0.1) is 13.8 Å². The number of nitrogens with zero attached hydrogens (tertiary/aromatic N) is 1. The van der Waals surface area contributed by atoms with Crippen molar-refractivity contribution in [3.05, 3.63) is 53.1 Å². The molecule has 0 radical (unpaired) electrons. The summed E-state index contributed by atoms with van der Waals surface area (Å²) in [4.78, 5) is 26.5. The van der Waals surface area contributed by atoms with E-state index in [2.05, 4.69) is 36.6 Å². The van der Waals surface area contributed by atoms with Gasteiger partial charge in [0.2, 0.25) is 11.8 Å². The van der Waals surface area contributed by atoms with Gasteiger partial charge in [0.25, 0.3) is 0 Å². The van der Waals surface area contributed by atoms with Crippen LogP contribution < -0.4 is 20.1 Å². The van der Waals surface area contributed by atoms with E-state index < -0.39 is 0 Å². The van der Waals surface area contributed by atoms with Crippen LogP contribution in [-0.2, 0) is 9.59 Å². The van der Waals surface area contributed by atoms with Gasteiger partial charge >= 0.3 is 0 Å². The van der Waals surface area contributed by atoms with Crippen molar-refractivity contribution in [1.82, 2.24) is 10.2 Å². The Labute approximate surface area is 191 Å². The van der Waals surface area contributed by atoms with Gasteiger partial charge < -0.3 is 20.1 Å². The van der Waals surface area contributed by atoms with Crippen LogP contribution in [0.2, 0.25) is 0 Å². The molecule has 174 valence electrons. The molecule has 0 spiro atoms. The summed E-state index contributed by atoms with van der Waals surface area (Å²) in [5.41, 5.74) is 4.09. The molecule has 0 bridgehead atoms. The van der Waals surface area contributed by atoms with Crippen LogP contribution in [0.25, 0.3) is 0 Å². The molecule has 2 rings (SSSR count). The Kier molecular flexibility index (Phi) is 9.53. The van der Waals surface area contributed by atoms with Crippen LogP contribution in [0.5, 0.6) is 11.5 Å². The Morgan fingerprint density at radius 3 is 2.22 bits per heavy atom. The third kappa shape index (κ3) is 7.57. The highest BCUT2D eigenvalue weighted by molar-refractivity contribution is 5.93. The van der Waals surface area contributed by atoms with Gasteiger partial charge in [-0.1, -0.05) is 18.2 Å². The van der Waals surface area contributed by atoms with Gasteiger partial charge in [-0.15, -0.1) is 0 Å². The number of carbonyl (C=O) groups excluding carboxylic acids is 2. The number of carbonyl (C=O) groups is 2. The average molecular weight is 442 g/mol. The molecular weight excluding hydrogens is 406 g/mol. The molecule has 2 aromatic carbocycles. The van der Waals surface area contributed by atoms with Gasteiger partial charge in [0.05, 0.1) is 32.3 Å². The van der Waals surface area contributed by atoms with E-state index in [0.29, 0.717) is 30.4 Å². The van der Waals surface area contributed by atoms with E-state index in [9.17, 15) is 9.59 Å². The number of hydrogen-bond donors (Lipinski definition) is 2. The second-order valence-electron chi connectivity index (χ2n) is 7.88. The van der Waals surface area contributed by atoms with E-state index >= 15 is 0 Å². The maximum Gasteiger partial charge on any atom is 0.238 e. The fourth-order valence-electron chi connectivity index (χ4n) is 3.28. The summed E-state index contributed by atoms with van der Waals surface area (Å²) in [6.07, 6.45) is 0. The van der Waals surface area contributed by atoms with Crippen LogP contribution in [0.1, 0.15) is 43.5 Å². The molecule has 2 amide bonds. The summed E-state index contributed by atoms with van der Waals surface area (Å²) in [5, 5.41) is 5.84. The third-order valence-electron chi connectivity index (χ3n) is 5.06. The van der Waals surface area contributed by atoms with E-state index in [1.807, 2.05) is 26.8 Å². The summed E-state index contributed by atoms with van der Waals surface area (Å²) in [5.74, 6) is 0.874. The highest BCUT2D eigenvalue weighted by atomic mass is 16.5. The minimum Gasteiger partial charge on any atom is -0.490 e. The molecule has 0 aliphatic rings. The maximum absolute atomic E-state index is 12.4. The van der Waals surface area contributed by atoms with Gasteiger partial charge in [0.15, 0.2) is 11.5 Å². The molecule has 2 aromatic rings. The van der Waals surface area contributed by atoms with Crippen molar-refractivity contribution in [3.63, 3.8) is 0 Å². The molecule has 7 nitrogen and oxygen atoms in total. The molecule has 0 saturated heterocycles. The van der Waals surface area contributed by atoms with Crippen molar-refractivity contribution in [1.29, 1.82) is 0 Å². The fraction of sp³-hybridized carbons (Fsp3) is 0.440. The van der Waals surface area contributed by atoms with Gasteiger partial charge in [-0.2, -0.15) is 0 Å². The fourth-order valence-corrected chi connectivity index (χ4v) is 3.28. The van der Waals surface area contributed by atoms with E-state index in [0.717, 1.165) is 5.56 Å². The molecule has 2 N–H and O–H groups in total. The van der Waals surface area contributed by atoms with Crippen molar-refractivity contribution >= 4 is 17.5 Å². The molecule has 0 aromatic heterocycles. The van der Waals surface area contributed by atoms with Crippen LogP contribution >= 0.6 is 0 Å². The molecular formula is C25H35N3O4. The topological polar surface area (TPSA) is 79.9 Å². The molecule has 0 heterocycles. The Hall–Kier alpha value is -3.06. The Morgan fingerprint density at radius 2 is 1.56 bits per heavy atom. The standard InChI is InChI=1S/C25H35N3O4/c1-7-31-22-12-11-21(14-23(22)32-8-2)27-25(30)16-28(6)15-24(29)26-19(5)20-10-9-17(3)18(4)13-20/h9-14,19H,7-8,15-16H2,1-6H3,(H,26,29)(H,27,30). The SMILES string of the molecule is CCOc1ccc(NC(=O)CN(C)CC(=O)NC(C)c2ccc(C)c(C)c2)cc1OCC. The number of aryl methyl sites for hydroxylation is 2. The minimum atomic E-state index is -0.214. The zero-order valence-electron chi connectivity index (χ0n) is 20.0. The molecule has 7 heteroatoms. The van der Waals surface area contributed by atoms with Gasteiger partial charge in [0.1, 0.15) is 0 Å². The van der Waals surface area contributed by atoms with Gasteiger partial charge in [-0.05, 0) is 70.5 Å². The summed E-state index contributed by atoms with van der Waals surface area (Å²) >= 11 is 0. The van der Waals surface area contributed by atoms with Crippen molar-refractivity contribution in [2.24, 2.45) is 0 Å². The number of nitrogens with one attached hydrogen (secondary N) is 2. The third-order valence-corrected chi connectivity index (χ3v) is 5.06. The monoisotopic (exact) mass is 441 g/mol. The van der Waals surface area contributed by atoms with Crippen LogP contribution in [0.4, 0.5) is 5.69 Å². The van der Waals surface area contributed by atoms with Crippen molar-refractivity contribution < 1.29 is 19.1 Å². The van der Waals surface area contributed by atoms with E-state index in [4.69, 9.17) is 9.47 Å². The van der Waals surface area contributed by atoms with Crippen LogP contribution in [-0.4, -0.2) is 50.1 Å². The second-order valence-corrected chi connectivity index (χ2v) is 7.88. The molecule has 0 fully saturated rings. The molecule has 32 heavy (non-hydrogen) atoms. The first-order valence-corrected chi connectivity index (χ1v) is 11.0. The van der Waals surface area contributed by atoms with E-state index in [1.165, 1.54) is 11.1 Å². The zero-order valence-corrected chi connectivity index (χ0v) is 20.0. The average Bonchev–Trinajstić information content (AvgIpc) is 2.71. The lowest BCUT2D eigenvalue weighted by atomic mass is 10.0. The lowest BCUT2D eigenvalue weighted by molar-refractivity contribution is -0.123. The highest BCUT2D eigenvalue weighted by Crippen LogP contribution is 2.30. The quantitative estimate of drug-likeness (QED) is 0.554. The number of anilines is 1. The van der Waals surface area contributed by atoms with Crippen molar-refractivity contribution in [2.45, 2.75) is 40.7 Å². The Morgan fingerprint density at radius 1 is 0.906 bits per heavy atom. The van der Waals surface area contributed by atoms with Crippen LogP contribution in [0.3, 0.4) is 0 Å². The van der Waals surface area contributed by atoms with Crippen molar-refractivity contribution in [2.75, 3.05) is 38.7 Å². The van der Waals surface area contributed by atoms with Gasteiger partial charge in [-0.25, -0.2) is 0 Å². The van der Waals surface area contributed by atoms with E-state index in [-0.39, 0.29) is 30.9 Å². The number of hydrogen-bond acceptors (Lipinski definition) is 5. The minimum absolute atomic E-state index is 0.0859. The summed E-state index contributed by atoms with van der Waals surface area (Å²) in [6.45, 7) is 11.1. The number of ether oxygens (including phenoxy) is 2. The summed E-state index contributed by atoms with van der Waals surface area (Å²) in [6, 6.07) is 11.3. The predicted molar refractivity (Wildman–Crippen MR) is 127 cm³/mol. The molecule has 0 aliphatic heterocycles. The largest absolute Gasteiger partial charge is 0.490 e. The van der Waals surface area contributed by atoms with Gasteiger partial charge in [-0.3, -0.25) is 14.5 Å². The lowest BCUT2D eigenvalue weighted by Gasteiger charge is -2.20.